The Kier molecular flexibility index (Phi) is 8.92. The van der Waals surface area contributed by atoms with Crippen molar-refractivity contribution in [2.75, 3.05) is 11.7 Å². The van der Waals surface area contributed by atoms with E-state index in [-0.39, 0.29) is 0 Å². The van der Waals surface area contributed by atoms with Crippen molar-refractivity contribution in [3.05, 3.63) is 72.3 Å². The summed E-state index contributed by atoms with van der Waals surface area (Å²) in [5.74, 6) is 0. The molecule has 0 N–H and O–H groups in total. The number of benzene rings is 2. The summed E-state index contributed by atoms with van der Waals surface area (Å²) in [5.41, 5.74) is 2.04. The maximum Gasteiger partial charge on any atom is 0.210 e. The molecular formula is C22H26N2O. The Morgan fingerprint density at radius 2 is 1.48 bits per heavy atom. The lowest BCUT2D eigenvalue weighted by atomic mass is 10.1. The Balaban J connectivity index is 1.48. The van der Waals surface area contributed by atoms with Gasteiger partial charge in [0.1, 0.15) is 0 Å². The van der Waals surface area contributed by atoms with Crippen LogP contribution < -0.4 is 5.06 Å². The fourth-order valence-corrected chi connectivity index (χ4v) is 2.56. The van der Waals surface area contributed by atoms with Gasteiger partial charge in [0.05, 0.1) is 12.3 Å². The molecule has 0 heterocycles. The molecule has 2 aromatic rings. The minimum absolute atomic E-state index is 0.580. The number of nitriles is 1. The van der Waals surface area contributed by atoms with E-state index >= 15 is 0 Å². The second-order valence-corrected chi connectivity index (χ2v) is 5.93. The minimum Gasteiger partial charge on any atom is -0.259 e. The number of hydrogen-bond donors (Lipinski definition) is 0. The number of unbranched alkanes of at least 4 members (excludes halogenated alkanes) is 5. The van der Waals surface area contributed by atoms with Crippen LogP contribution in [0, 0.1) is 11.5 Å². The van der Waals surface area contributed by atoms with E-state index in [0.29, 0.717) is 6.61 Å². The first-order chi connectivity index (χ1) is 12.4. The predicted octanol–water partition coefficient (Wildman–Crippen LogP) is 5.96. The van der Waals surface area contributed by atoms with Crippen molar-refractivity contribution < 1.29 is 4.84 Å². The smallest absolute Gasteiger partial charge is 0.210 e. The van der Waals surface area contributed by atoms with Gasteiger partial charge >= 0.3 is 0 Å². The molecule has 0 aromatic heterocycles. The van der Waals surface area contributed by atoms with E-state index in [4.69, 9.17) is 10.1 Å². The molecule has 130 valence electrons. The molecule has 0 saturated heterocycles. The number of rotatable bonds is 11. The van der Waals surface area contributed by atoms with E-state index in [2.05, 4.69) is 42.6 Å². The monoisotopic (exact) mass is 334 g/mol. The van der Waals surface area contributed by atoms with Crippen molar-refractivity contribution in [3.63, 3.8) is 0 Å². The molecule has 0 saturated carbocycles. The first kappa shape index (κ1) is 18.8. The number of allylic oxidation sites excluding steroid dienone is 1. The van der Waals surface area contributed by atoms with Crippen LogP contribution in [0.25, 0.3) is 6.08 Å². The summed E-state index contributed by atoms with van der Waals surface area (Å²) in [4.78, 5) is 5.53. The molecule has 0 radical (unpaired) electrons. The third kappa shape index (κ3) is 7.69. The van der Waals surface area contributed by atoms with E-state index in [1.54, 1.807) is 0 Å². The number of para-hydroxylation sites is 1. The SMILES string of the molecule is N#CN(OCCCCCCCC=Cc1ccccc1)c1ccccc1. The molecule has 2 rings (SSSR count). The molecule has 0 fully saturated rings. The van der Waals surface area contributed by atoms with Crippen LogP contribution in [0.2, 0.25) is 0 Å². The predicted molar refractivity (Wildman–Crippen MR) is 104 cm³/mol. The van der Waals surface area contributed by atoms with E-state index in [1.807, 2.05) is 36.4 Å². The Morgan fingerprint density at radius 1 is 0.840 bits per heavy atom. The molecule has 0 aliphatic heterocycles. The highest BCUT2D eigenvalue weighted by Gasteiger charge is 2.04. The fraction of sp³-hybridized carbons (Fsp3) is 0.318. The first-order valence-electron chi connectivity index (χ1n) is 8.99. The molecule has 0 atom stereocenters. The van der Waals surface area contributed by atoms with Crippen LogP contribution >= 0.6 is 0 Å². The van der Waals surface area contributed by atoms with Crippen molar-refractivity contribution in [2.24, 2.45) is 0 Å². The lowest BCUT2D eigenvalue weighted by molar-refractivity contribution is 0.132. The molecule has 0 aliphatic rings. The maximum absolute atomic E-state index is 9.13. The number of hydroxylamine groups is 1. The molecule has 0 aliphatic carbocycles. The third-order valence-electron chi connectivity index (χ3n) is 3.93. The van der Waals surface area contributed by atoms with Gasteiger partial charge in [0.25, 0.3) is 0 Å². The zero-order valence-corrected chi connectivity index (χ0v) is 14.7. The van der Waals surface area contributed by atoms with E-state index in [1.165, 1.54) is 29.9 Å². The van der Waals surface area contributed by atoms with Crippen LogP contribution in [-0.4, -0.2) is 6.61 Å². The molecular weight excluding hydrogens is 308 g/mol. The molecule has 3 nitrogen and oxygen atoms in total. The summed E-state index contributed by atoms with van der Waals surface area (Å²) in [6.07, 6.45) is 13.4. The number of nitrogens with zero attached hydrogens (tertiary/aromatic N) is 2. The fourth-order valence-electron chi connectivity index (χ4n) is 2.56. The van der Waals surface area contributed by atoms with Crippen LogP contribution in [0.1, 0.15) is 44.1 Å². The average Bonchev–Trinajstić information content (AvgIpc) is 2.68. The van der Waals surface area contributed by atoms with Crippen molar-refractivity contribution in [2.45, 2.75) is 38.5 Å². The summed E-state index contributed by atoms with van der Waals surface area (Å²) in [6, 6.07) is 19.9. The Labute approximate surface area is 151 Å². The van der Waals surface area contributed by atoms with Gasteiger partial charge < -0.3 is 0 Å². The summed E-state index contributed by atoms with van der Waals surface area (Å²) < 4.78 is 0. The first-order valence-corrected chi connectivity index (χ1v) is 8.99. The van der Waals surface area contributed by atoms with Crippen LogP contribution in [0.4, 0.5) is 5.69 Å². The van der Waals surface area contributed by atoms with Gasteiger partial charge in [-0.1, -0.05) is 79.9 Å². The molecule has 0 amide bonds. The lowest BCUT2D eigenvalue weighted by Crippen LogP contribution is -2.17. The highest BCUT2D eigenvalue weighted by atomic mass is 16.7. The molecule has 0 unspecified atom stereocenters. The largest absolute Gasteiger partial charge is 0.259 e. The summed E-state index contributed by atoms with van der Waals surface area (Å²) in [5, 5.41) is 10.4. The van der Waals surface area contributed by atoms with E-state index < -0.39 is 0 Å². The van der Waals surface area contributed by atoms with Crippen molar-refractivity contribution in [1.29, 1.82) is 5.26 Å². The third-order valence-corrected chi connectivity index (χ3v) is 3.93. The van der Waals surface area contributed by atoms with Gasteiger partial charge in [-0.05, 0) is 37.0 Å². The Hall–Kier alpha value is -2.57. The van der Waals surface area contributed by atoms with Crippen LogP contribution in [0.3, 0.4) is 0 Å². The van der Waals surface area contributed by atoms with Gasteiger partial charge in [0.15, 0.2) is 0 Å². The quantitative estimate of drug-likeness (QED) is 0.220. The molecule has 0 bridgehead atoms. The van der Waals surface area contributed by atoms with Crippen LogP contribution in [-0.2, 0) is 4.84 Å². The molecule has 2 aromatic carbocycles. The zero-order chi connectivity index (χ0) is 17.6. The van der Waals surface area contributed by atoms with Crippen molar-refractivity contribution >= 4 is 11.8 Å². The van der Waals surface area contributed by atoms with Crippen molar-refractivity contribution in [3.8, 4) is 6.19 Å². The Bertz CT molecular complexity index is 647. The Morgan fingerprint density at radius 3 is 2.20 bits per heavy atom. The van der Waals surface area contributed by atoms with Gasteiger partial charge in [-0.3, -0.25) is 4.84 Å². The summed E-state index contributed by atoms with van der Waals surface area (Å²) >= 11 is 0. The highest BCUT2D eigenvalue weighted by molar-refractivity contribution is 5.48. The number of hydrogen-bond acceptors (Lipinski definition) is 3. The second kappa shape index (κ2) is 11.9. The van der Waals surface area contributed by atoms with Crippen LogP contribution in [0.5, 0.6) is 0 Å². The normalized spacial score (nSPS) is 10.7. The van der Waals surface area contributed by atoms with Gasteiger partial charge in [0.2, 0.25) is 6.19 Å². The molecule has 3 heteroatoms. The van der Waals surface area contributed by atoms with Gasteiger partial charge in [-0.2, -0.15) is 10.3 Å². The van der Waals surface area contributed by atoms with Gasteiger partial charge in [-0.25, -0.2) is 0 Å². The highest BCUT2D eigenvalue weighted by Crippen LogP contribution is 2.13. The van der Waals surface area contributed by atoms with Crippen molar-refractivity contribution in [1.82, 2.24) is 0 Å². The van der Waals surface area contributed by atoms with Gasteiger partial charge in [0, 0.05) is 0 Å². The summed E-state index contributed by atoms with van der Waals surface area (Å²) in [6.45, 7) is 0.580. The molecule has 25 heavy (non-hydrogen) atoms. The topological polar surface area (TPSA) is 36.3 Å². The molecule has 0 spiro atoms. The van der Waals surface area contributed by atoms with E-state index in [0.717, 1.165) is 24.9 Å². The van der Waals surface area contributed by atoms with Crippen LogP contribution in [0.15, 0.2) is 66.7 Å². The standard InChI is InChI=1S/C22H26N2O/c23-20-24(22-17-11-7-12-18-22)25-19-13-5-3-1-2-4-8-14-21-15-9-6-10-16-21/h6-12,14-18H,1-5,13,19H2. The van der Waals surface area contributed by atoms with E-state index in [9.17, 15) is 0 Å². The number of anilines is 1. The summed E-state index contributed by atoms with van der Waals surface area (Å²) in [7, 11) is 0. The minimum atomic E-state index is 0.580. The second-order valence-electron chi connectivity index (χ2n) is 5.93. The average molecular weight is 334 g/mol. The zero-order valence-electron chi connectivity index (χ0n) is 14.7. The lowest BCUT2D eigenvalue weighted by Gasteiger charge is -2.14. The maximum atomic E-state index is 9.13. The van der Waals surface area contributed by atoms with Gasteiger partial charge in [-0.15, -0.1) is 0 Å².